The van der Waals surface area contributed by atoms with Gasteiger partial charge in [-0.3, -0.25) is 72.2 Å². The highest BCUT2D eigenvalue weighted by atomic mass is 16.6. The number of ketones is 6. The molecule has 6 saturated heterocycles. The number of nitrogens with zero attached hydrogens (tertiary/aromatic N) is 3. The lowest BCUT2D eigenvalue weighted by atomic mass is 9.89. The molecule has 6 aliphatic heterocycles. The molecule has 0 aromatic heterocycles. The molecule has 0 bridgehead atoms. The van der Waals surface area contributed by atoms with Crippen LogP contribution < -0.4 is 46.1 Å². The smallest absolute Gasteiger partial charge is 0.410 e. The van der Waals surface area contributed by atoms with E-state index in [0.717, 1.165) is 33.4 Å². The molecule has 6 aromatic carbocycles. The van der Waals surface area contributed by atoms with Gasteiger partial charge in [0.15, 0.2) is 34.7 Å². The molecule has 33 nitrogen and oxygen atoms in total. The summed E-state index contributed by atoms with van der Waals surface area (Å²) in [5, 5.41) is 17.1. The lowest BCUT2D eigenvalue weighted by Crippen LogP contribution is -2.60. The van der Waals surface area contributed by atoms with Gasteiger partial charge in [-0.1, -0.05) is 127 Å². The van der Waals surface area contributed by atoms with Crippen LogP contribution in [-0.4, -0.2) is 274 Å². The molecule has 33 heteroatoms. The monoisotopic (exact) mass is 1890 g/mol. The van der Waals surface area contributed by atoms with Gasteiger partial charge in [0.1, 0.15) is 63.4 Å². The predicted molar refractivity (Wildman–Crippen MR) is 507 cm³/mol. The molecule has 0 radical (unpaired) electrons. The molecule has 14 unspecified atom stereocenters. The molecule has 14 atom stereocenters. The molecule has 0 saturated carbocycles. The number of amides is 8. The van der Waals surface area contributed by atoms with Crippen LogP contribution in [0.2, 0.25) is 0 Å². The van der Waals surface area contributed by atoms with Crippen molar-refractivity contribution >= 4 is 82.3 Å². The minimum absolute atomic E-state index is 0.0324. The maximum Gasteiger partial charge on any atom is 0.410 e. The van der Waals surface area contributed by atoms with Crippen molar-refractivity contribution in [2.24, 2.45) is 17.8 Å². The Morgan fingerprint density at radius 3 is 1.00 bits per heavy atom. The van der Waals surface area contributed by atoms with E-state index in [1.165, 1.54) is 16.9 Å². The van der Waals surface area contributed by atoms with E-state index < -0.39 is 136 Å². The number of benzene rings is 6. The van der Waals surface area contributed by atoms with Gasteiger partial charge in [-0.2, -0.15) is 0 Å². The Kier molecular flexibility index (Phi) is 38.4. The van der Waals surface area contributed by atoms with E-state index in [1.807, 2.05) is 132 Å². The second kappa shape index (κ2) is 49.2. The number of hydrogen-bond donors (Lipinski definition) is 6. The number of morpholine rings is 1. The fraction of sp³-hybridized carbons (Fsp3) is 0.519. The Balaban J connectivity index is 0.000000212. The summed E-state index contributed by atoms with van der Waals surface area (Å²) in [6.45, 7) is 22.9. The molecule has 0 spiro atoms. The topological polar surface area (TPSA) is 423 Å². The number of rotatable bonds is 45. The summed E-state index contributed by atoms with van der Waals surface area (Å²) >= 11 is 0. The summed E-state index contributed by atoms with van der Waals surface area (Å²) in [6, 6.07) is 43.1. The summed E-state index contributed by atoms with van der Waals surface area (Å²) < 4.78 is 53.5. The fourth-order valence-electron chi connectivity index (χ4n) is 16.2. The molecule has 8 amide bonds. The van der Waals surface area contributed by atoms with Gasteiger partial charge in [0.05, 0.1) is 97.7 Å². The molecular weight excluding hydrogens is 1760 g/mol. The number of Topliss-reactive ketones (excluding diaryl/α,β-unsaturated/α-hetero) is 6. The lowest BCUT2D eigenvalue weighted by molar-refractivity contribution is -0.136. The zero-order chi connectivity index (χ0) is 99.5. The molecule has 6 heterocycles. The zero-order valence-corrected chi connectivity index (χ0v) is 81.3. The number of methoxy groups -OCH3 is 4. The van der Waals surface area contributed by atoms with Crippen LogP contribution in [0.25, 0.3) is 0 Å². The van der Waals surface area contributed by atoms with E-state index in [-0.39, 0.29) is 125 Å². The molecule has 12 rings (SSSR count). The van der Waals surface area contributed by atoms with Crippen LogP contribution in [0.4, 0.5) is 9.59 Å². The summed E-state index contributed by atoms with van der Waals surface area (Å²) in [4.78, 5) is 192. The Labute approximate surface area is 801 Å². The Hall–Kier alpha value is -12.1. The maximum absolute atomic E-state index is 13.9. The van der Waals surface area contributed by atoms with Gasteiger partial charge >= 0.3 is 12.2 Å². The van der Waals surface area contributed by atoms with Crippen molar-refractivity contribution in [2.45, 2.75) is 230 Å². The highest BCUT2D eigenvalue weighted by Gasteiger charge is 2.53. The third kappa shape index (κ3) is 32.8. The fourth-order valence-corrected chi connectivity index (χ4v) is 16.2. The Morgan fingerprint density at radius 1 is 0.387 bits per heavy atom. The first kappa shape index (κ1) is 107. The molecule has 740 valence electrons. The lowest BCUT2D eigenvalue weighted by Gasteiger charge is -2.40. The van der Waals surface area contributed by atoms with Gasteiger partial charge in [0, 0.05) is 70.3 Å². The molecule has 137 heavy (non-hydrogen) atoms. The predicted octanol–water partition coefficient (Wildman–Crippen LogP) is 8.58. The standard InChI is InChI=1S/C36H47N3O8.C35H45N3O8.C33H43N3O8/c1-23(37-33(43)29-13-10-18-39(29)34(44)47-35(2,3)4)30(40)21-26(19-25-14-16-27(45-6)17-15-25)32(42)38-28(31(41)36(5)22-46-36)20-24-11-8-7-9-12-24;1-22(36-32(42)28-16-17-38(28)33(43)46-34(2,3)4)29(39)20-25(18-24-12-14-26(44-6)15-13-24)31(41)37-27(30(40)35(5)21-45-35)19-23-10-8-7-9-11-23;1-33(22-44-33)31(39)27(18-23-7-5-4-6-8-23)35-32(40)25(17-24-9-11-26(42-3)12-10-24)19-29(37)28(21-41-2)34-30(38)20-36-13-15-43-16-14-36/h7-9,11-12,14-17,23,26,28-29H,10,13,18-22H2,1-6H3,(H,37,43)(H,38,42);7-15,22,25,27-28H,16-21H2,1-6H3,(H,36,42)(H,37,41);4-12,25,27-28H,13-22H2,1-3H3,(H,34,38)(H,35,40). The number of ether oxygens (including phenoxy) is 10. The third-order valence-electron chi connectivity index (χ3n) is 24.8. The molecule has 6 aliphatic rings. The van der Waals surface area contributed by atoms with Gasteiger partial charge in [0.2, 0.25) is 35.4 Å². The SMILES string of the molecule is COCC(NC(=O)CN1CCOCC1)C(=O)CC(Cc1ccc(OC)cc1)C(=O)NC(Cc1ccccc1)C(=O)C1(C)CO1.COc1ccc(CC(CC(=O)C(C)NC(=O)C2CCCN2C(=O)OC(C)(C)C)C(=O)NC(Cc2ccccc2)C(=O)C2(C)CO2)cc1.COc1ccc(CC(CC(=O)C(C)NC(=O)C2CCN2C(=O)OC(C)(C)C)C(=O)NC(Cc2ccccc2)C(=O)C2(C)CO2)cc1. The first-order valence-electron chi connectivity index (χ1n) is 46.8. The van der Waals surface area contributed by atoms with Crippen LogP contribution in [0.3, 0.4) is 0 Å². The summed E-state index contributed by atoms with van der Waals surface area (Å²) in [5.74, 6) is -4.74. The van der Waals surface area contributed by atoms with E-state index in [4.69, 9.17) is 47.4 Å². The number of nitrogens with one attached hydrogen (secondary N) is 6. The third-order valence-corrected chi connectivity index (χ3v) is 24.8. The van der Waals surface area contributed by atoms with Crippen molar-refractivity contribution in [3.8, 4) is 17.2 Å². The van der Waals surface area contributed by atoms with Crippen LogP contribution in [0.15, 0.2) is 164 Å². The molecular formula is C104H135N9O24. The van der Waals surface area contributed by atoms with Crippen molar-refractivity contribution in [1.82, 2.24) is 46.6 Å². The van der Waals surface area contributed by atoms with E-state index in [0.29, 0.717) is 82.5 Å². The van der Waals surface area contributed by atoms with Crippen molar-refractivity contribution < 1.29 is 114 Å². The number of likely N-dealkylation sites (tertiary alicyclic amines) is 2. The van der Waals surface area contributed by atoms with Crippen LogP contribution in [0.5, 0.6) is 17.2 Å². The largest absolute Gasteiger partial charge is 0.497 e. The summed E-state index contributed by atoms with van der Waals surface area (Å²) in [6.07, 6.45) is 1.37. The first-order valence-corrected chi connectivity index (χ1v) is 46.8. The van der Waals surface area contributed by atoms with Gasteiger partial charge in [0.25, 0.3) is 0 Å². The van der Waals surface area contributed by atoms with Gasteiger partial charge in [-0.25, -0.2) is 9.59 Å². The van der Waals surface area contributed by atoms with Crippen molar-refractivity contribution in [3.05, 3.63) is 197 Å². The number of hydrogen-bond acceptors (Lipinski definition) is 25. The Morgan fingerprint density at radius 2 is 0.701 bits per heavy atom. The molecule has 6 aromatic rings. The molecule has 0 aliphatic carbocycles. The van der Waals surface area contributed by atoms with Crippen LogP contribution in [-0.2, 0) is 129 Å². The zero-order valence-electron chi connectivity index (χ0n) is 81.3. The van der Waals surface area contributed by atoms with Crippen molar-refractivity contribution in [3.63, 3.8) is 0 Å². The van der Waals surface area contributed by atoms with Gasteiger partial charge < -0.3 is 79.3 Å². The maximum atomic E-state index is 13.9. The second-order valence-corrected chi connectivity index (χ2v) is 38.4. The minimum Gasteiger partial charge on any atom is -0.497 e. The average molecular weight is 1900 g/mol. The molecule has 6 N–H and O–H groups in total. The average Bonchev–Trinajstić information content (AvgIpc) is 1.50. The van der Waals surface area contributed by atoms with Crippen molar-refractivity contribution in [1.29, 1.82) is 0 Å². The normalized spacial score (nSPS) is 20.6. The highest BCUT2D eigenvalue weighted by molar-refractivity contribution is 6.01. The van der Waals surface area contributed by atoms with Crippen LogP contribution in [0, 0.1) is 17.8 Å². The number of carbonyl (C=O) groups is 14. The summed E-state index contributed by atoms with van der Waals surface area (Å²) in [5.41, 5.74) is 0.798. The minimum atomic E-state index is -0.958. The van der Waals surface area contributed by atoms with Gasteiger partial charge in [-0.15, -0.1) is 0 Å². The second-order valence-electron chi connectivity index (χ2n) is 38.4. The van der Waals surface area contributed by atoms with Crippen LogP contribution >= 0.6 is 0 Å². The van der Waals surface area contributed by atoms with E-state index in [2.05, 4.69) is 31.9 Å². The van der Waals surface area contributed by atoms with Gasteiger partial charge in [-0.05, 0) is 204 Å². The van der Waals surface area contributed by atoms with E-state index in [9.17, 15) is 67.1 Å². The Bertz CT molecular complexity index is 5110. The number of carbonyl (C=O) groups excluding carboxylic acids is 14. The quantitative estimate of drug-likeness (QED) is 0.0195. The number of epoxide rings is 3. The van der Waals surface area contributed by atoms with Crippen molar-refractivity contribution in [2.75, 3.05) is 101 Å². The first-order chi connectivity index (χ1) is 65.1. The summed E-state index contributed by atoms with van der Waals surface area (Å²) in [7, 11) is 6.15. The van der Waals surface area contributed by atoms with E-state index in [1.54, 1.807) is 134 Å². The van der Waals surface area contributed by atoms with E-state index >= 15 is 0 Å². The molecule has 6 fully saturated rings. The highest BCUT2D eigenvalue weighted by Crippen LogP contribution is 2.34. The van der Waals surface area contributed by atoms with Crippen LogP contribution in [0.1, 0.15) is 148 Å².